The van der Waals surface area contributed by atoms with E-state index in [0.29, 0.717) is 16.7 Å². The van der Waals surface area contributed by atoms with Gasteiger partial charge in [0.1, 0.15) is 23.9 Å². The molecule has 45 heavy (non-hydrogen) atoms. The van der Waals surface area contributed by atoms with Gasteiger partial charge in [-0.2, -0.15) is 0 Å². The number of hydrogen-bond donors (Lipinski definition) is 0. The summed E-state index contributed by atoms with van der Waals surface area (Å²) in [6, 6.07) is 33.1. The lowest BCUT2D eigenvalue weighted by molar-refractivity contribution is -0.187. The molecule has 0 spiro atoms. The van der Waals surface area contributed by atoms with E-state index in [1.54, 1.807) is 62.1 Å². The molecule has 8 heteroatoms. The first-order valence-electron chi connectivity index (χ1n) is 15.0. The summed E-state index contributed by atoms with van der Waals surface area (Å²) in [7, 11) is 0. The SMILES string of the molecule is CC(C)(C)OC(=O)C1C(N2C(=O)C(c3ccccc3)N(C(=O)c3ccccc3)C2c2ccccc2)C(=O)N1Cc1ccccc1. The molecule has 0 N–H and O–H groups in total. The summed E-state index contributed by atoms with van der Waals surface area (Å²) in [4.78, 5) is 61.6. The van der Waals surface area contributed by atoms with Crippen LogP contribution in [-0.2, 0) is 25.7 Å². The van der Waals surface area contributed by atoms with Gasteiger partial charge in [-0.3, -0.25) is 19.3 Å². The second-order valence-electron chi connectivity index (χ2n) is 12.3. The maximum Gasteiger partial charge on any atom is 0.332 e. The Kier molecular flexibility index (Phi) is 7.97. The van der Waals surface area contributed by atoms with Gasteiger partial charge in [0.15, 0.2) is 6.04 Å². The van der Waals surface area contributed by atoms with E-state index in [0.717, 1.165) is 5.56 Å². The number of ether oxygens (including phenoxy) is 1. The zero-order valence-corrected chi connectivity index (χ0v) is 25.4. The number of esters is 1. The number of rotatable bonds is 7. The Labute approximate surface area is 262 Å². The molecule has 4 aromatic rings. The third-order valence-corrected chi connectivity index (χ3v) is 8.08. The lowest BCUT2D eigenvalue weighted by Crippen LogP contribution is -2.73. The van der Waals surface area contributed by atoms with Crippen LogP contribution in [0.1, 0.15) is 60.0 Å². The van der Waals surface area contributed by atoms with Gasteiger partial charge in [-0.1, -0.05) is 109 Å². The van der Waals surface area contributed by atoms with Crippen molar-refractivity contribution in [3.05, 3.63) is 144 Å². The highest BCUT2D eigenvalue weighted by Crippen LogP contribution is 2.47. The standard InChI is InChI=1S/C37H35N3O5/c1-37(2,3)45-36(44)31-30(34(42)38(31)24-25-16-8-4-9-17-25)40-32(27-20-12-6-13-21-27)39(33(41)28-22-14-7-15-23-28)29(35(40)43)26-18-10-5-11-19-26/h4-23,29-32H,24H2,1-3H3. The Morgan fingerprint density at radius 1 is 0.689 bits per heavy atom. The monoisotopic (exact) mass is 601 g/mol. The van der Waals surface area contributed by atoms with Crippen LogP contribution < -0.4 is 0 Å². The summed E-state index contributed by atoms with van der Waals surface area (Å²) in [6.07, 6.45) is -0.964. The molecule has 0 aromatic heterocycles. The van der Waals surface area contributed by atoms with Crippen molar-refractivity contribution in [1.82, 2.24) is 14.7 Å². The third-order valence-electron chi connectivity index (χ3n) is 8.08. The molecule has 4 aromatic carbocycles. The van der Waals surface area contributed by atoms with Gasteiger partial charge in [-0.05, 0) is 49.6 Å². The number of likely N-dealkylation sites (tertiary alicyclic amines) is 1. The number of β-lactam (4-membered cyclic amide) rings is 1. The van der Waals surface area contributed by atoms with E-state index >= 15 is 0 Å². The lowest BCUT2D eigenvalue weighted by Gasteiger charge is -2.50. The number of nitrogens with zero attached hydrogens (tertiary/aromatic N) is 3. The molecule has 4 atom stereocenters. The predicted octanol–water partition coefficient (Wildman–Crippen LogP) is 5.53. The normalized spacial score (nSPS) is 21.4. The summed E-state index contributed by atoms with van der Waals surface area (Å²) in [5.41, 5.74) is 1.67. The van der Waals surface area contributed by atoms with Gasteiger partial charge in [-0.25, -0.2) is 4.79 Å². The number of carbonyl (C=O) groups is 4. The minimum atomic E-state index is -1.18. The average molecular weight is 602 g/mol. The number of hydrogen-bond acceptors (Lipinski definition) is 5. The fraction of sp³-hybridized carbons (Fsp3) is 0.243. The second kappa shape index (κ2) is 12.0. The van der Waals surface area contributed by atoms with Crippen LogP contribution in [-0.4, -0.2) is 56.1 Å². The molecule has 4 unspecified atom stereocenters. The van der Waals surface area contributed by atoms with Crippen LogP contribution in [0.3, 0.4) is 0 Å². The predicted molar refractivity (Wildman–Crippen MR) is 168 cm³/mol. The van der Waals surface area contributed by atoms with Crippen molar-refractivity contribution >= 4 is 23.7 Å². The fourth-order valence-corrected chi connectivity index (χ4v) is 6.16. The number of carbonyl (C=O) groups excluding carboxylic acids is 4. The molecule has 2 fully saturated rings. The minimum absolute atomic E-state index is 0.174. The van der Waals surface area contributed by atoms with Crippen molar-refractivity contribution in [3.63, 3.8) is 0 Å². The van der Waals surface area contributed by atoms with E-state index in [-0.39, 0.29) is 18.4 Å². The van der Waals surface area contributed by atoms with Crippen LogP contribution in [0.25, 0.3) is 0 Å². The van der Waals surface area contributed by atoms with Crippen molar-refractivity contribution in [3.8, 4) is 0 Å². The molecule has 0 radical (unpaired) electrons. The smallest absolute Gasteiger partial charge is 0.332 e. The van der Waals surface area contributed by atoms with Gasteiger partial charge in [0.25, 0.3) is 11.8 Å². The molecular weight excluding hydrogens is 566 g/mol. The van der Waals surface area contributed by atoms with Crippen molar-refractivity contribution in [2.75, 3.05) is 0 Å². The number of amides is 3. The Bertz CT molecular complexity index is 1690. The Morgan fingerprint density at radius 3 is 1.76 bits per heavy atom. The van der Waals surface area contributed by atoms with Gasteiger partial charge in [-0.15, -0.1) is 0 Å². The van der Waals surface area contributed by atoms with Gasteiger partial charge >= 0.3 is 5.97 Å². The Morgan fingerprint density at radius 2 is 1.20 bits per heavy atom. The molecule has 228 valence electrons. The van der Waals surface area contributed by atoms with Gasteiger partial charge in [0.05, 0.1) is 0 Å². The van der Waals surface area contributed by atoms with Crippen molar-refractivity contribution < 1.29 is 23.9 Å². The Balaban J connectivity index is 1.49. The highest BCUT2D eigenvalue weighted by molar-refractivity contribution is 6.05. The van der Waals surface area contributed by atoms with E-state index in [1.807, 2.05) is 84.9 Å². The summed E-state index contributed by atoms with van der Waals surface area (Å²) in [6.45, 7) is 5.47. The van der Waals surface area contributed by atoms with Crippen molar-refractivity contribution in [2.24, 2.45) is 0 Å². The highest BCUT2D eigenvalue weighted by atomic mass is 16.6. The van der Waals surface area contributed by atoms with E-state index < -0.39 is 41.8 Å². The molecule has 8 nitrogen and oxygen atoms in total. The first kappa shape index (κ1) is 29.8. The quantitative estimate of drug-likeness (QED) is 0.205. The van der Waals surface area contributed by atoms with Crippen LogP contribution in [0.2, 0.25) is 0 Å². The lowest BCUT2D eigenvalue weighted by atomic mass is 9.90. The van der Waals surface area contributed by atoms with Gasteiger partial charge in [0, 0.05) is 12.1 Å². The third kappa shape index (κ3) is 5.71. The fourth-order valence-electron chi connectivity index (χ4n) is 6.16. The van der Waals surface area contributed by atoms with Crippen LogP contribution >= 0.6 is 0 Å². The van der Waals surface area contributed by atoms with Crippen molar-refractivity contribution in [2.45, 2.75) is 57.2 Å². The summed E-state index contributed by atoms with van der Waals surface area (Å²) >= 11 is 0. The van der Waals surface area contributed by atoms with E-state index in [2.05, 4.69) is 0 Å². The van der Waals surface area contributed by atoms with E-state index in [1.165, 1.54) is 9.80 Å². The largest absolute Gasteiger partial charge is 0.458 e. The summed E-state index contributed by atoms with van der Waals surface area (Å²) < 4.78 is 5.83. The summed E-state index contributed by atoms with van der Waals surface area (Å²) in [5.74, 6) is -1.79. The first-order chi connectivity index (χ1) is 21.7. The molecule has 0 aliphatic carbocycles. The van der Waals surface area contributed by atoms with Crippen LogP contribution in [0.4, 0.5) is 0 Å². The molecule has 2 saturated heterocycles. The number of benzene rings is 4. The zero-order valence-electron chi connectivity index (χ0n) is 25.4. The van der Waals surface area contributed by atoms with E-state index in [4.69, 9.17) is 4.74 Å². The van der Waals surface area contributed by atoms with Gasteiger partial charge < -0.3 is 14.5 Å². The average Bonchev–Trinajstić information content (AvgIpc) is 3.34. The van der Waals surface area contributed by atoms with Crippen LogP contribution in [0.15, 0.2) is 121 Å². The summed E-state index contributed by atoms with van der Waals surface area (Å²) in [5, 5.41) is 0. The Hall–Kier alpha value is -5.24. The first-order valence-corrected chi connectivity index (χ1v) is 15.0. The molecule has 3 amide bonds. The zero-order chi connectivity index (χ0) is 31.7. The molecule has 2 aliphatic rings. The van der Waals surface area contributed by atoms with E-state index in [9.17, 15) is 19.2 Å². The molecule has 6 rings (SSSR count). The molecule has 0 saturated carbocycles. The minimum Gasteiger partial charge on any atom is -0.458 e. The van der Waals surface area contributed by atoms with Crippen LogP contribution in [0, 0.1) is 0 Å². The molecular formula is C37H35N3O5. The maximum atomic E-state index is 14.7. The molecule has 0 bridgehead atoms. The molecule has 2 aliphatic heterocycles. The van der Waals surface area contributed by atoms with Crippen LogP contribution in [0.5, 0.6) is 0 Å². The topological polar surface area (TPSA) is 87.2 Å². The molecule has 2 heterocycles. The second-order valence-corrected chi connectivity index (χ2v) is 12.3. The van der Waals surface area contributed by atoms with Crippen molar-refractivity contribution in [1.29, 1.82) is 0 Å². The maximum absolute atomic E-state index is 14.7. The highest BCUT2D eigenvalue weighted by Gasteiger charge is 2.63. The van der Waals surface area contributed by atoms with Gasteiger partial charge in [0.2, 0.25) is 5.91 Å².